The average Bonchev–Trinajstić information content (AvgIpc) is 2.78. The van der Waals surface area contributed by atoms with Crippen LogP contribution in [0.1, 0.15) is 6.42 Å². The first kappa shape index (κ1) is 12.3. The molecule has 94 valence electrons. The third-order valence-corrected chi connectivity index (χ3v) is 3.03. The summed E-state index contributed by atoms with van der Waals surface area (Å²) in [7, 11) is 3.12. The fraction of sp³-hybridized carbons (Fsp3) is 0.357. The third kappa shape index (κ3) is 2.00. The highest BCUT2D eigenvalue weighted by Gasteiger charge is 2.31. The second-order valence-corrected chi connectivity index (χ2v) is 4.08. The molecule has 1 heterocycles. The first-order valence-corrected chi connectivity index (χ1v) is 5.68. The van der Waals surface area contributed by atoms with Crippen molar-refractivity contribution in [1.29, 1.82) is 0 Å². The number of terminal acetylenes is 1. The Labute approximate surface area is 106 Å². The van der Waals surface area contributed by atoms with E-state index in [0.717, 1.165) is 0 Å². The van der Waals surface area contributed by atoms with Crippen LogP contribution in [0.15, 0.2) is 18.2 Å². The van der Waals surface area contributed by atoms with E-state index in [1.165, 1.54) is 0 Å². The molecule has 1 aliphatic heterocycles. The van der Waals surface area contributed by atoms with Crippen molar-refractivity contribution in [2.24, 2.45) is 5.92 Å². The lowest BCUT2D eigenvalue weighted by Gasteiger charge is -2.20. The number of rotatable bonds is 3. The first-order valence-electron chi connectivity index (χ1n) is 5.68. The normalized spacial score (nSPS) is 18.6. The summed E-state index contributed by atoms with van der Waals surface area (Å²) in [6, 6.07) is 5.45. The van der Waals surface area contributed by atoms with E-state index < -0.39 is 0 Å². The van der Waals surface area contributed by atoms with Gasteiger partial charge in [0.25, 0.3) is 0 Å². The topological polar surface area (TPSA) is 38.8 Å². The average molecular weight is 245 g/mol. The molecule has 2 rings (SSSR count). The highest BCUT2D eigenvalue weighted by atomic mass is 16.5. The Morgan fingerprint density at radius 2 is 2.17 bits per heavy atom. The Morgan fingerprint density at radius 3 is 2.72 bits per heavy atom. The standard InChI is InChI=1S/C14H15NO3/c1-4-10-8-13(16)15(9-10)11-6-5-7-12(17-2)14(11)18-3/h1,5-7,10H,8-9H2,2-3H3. The maximum atomic E-state index is 11.9. The summed E-state index contributed by atoms with van der Waals surface area (Å²) in [5, 5.41) is 0. The number of nitrogens with zero attached hydrogens (tertiary/aromatic N) is 1. The molecule has 1 saturated heterocycles. The van der Waals surface area contributed by atoms with Crippen LogP contribution in [-0.4, -0.2) is 26.7 Å². The fourth-order valence-corrected chi connectivity index (χ4v) is 2.13. The minimum absolute atomic E-state index is 0.0181. The summed E-state index contributed by atoms with van der Waals surface area (Å²) < 4.78 is 10.5. The van der Waals surface area contributed by atoms with Crippen molar-refractivity contribution < 1.29 is 14.3 Å². The Balaban J connectivity index is 2.40. The van der Waals surface area contributed by atoms with Crippen molar-refractivity contribution >= 4 is 11.6 Å². The molecule has 0 bridgehead atoms. The van der Waals surface area contributed by atoms with Crippen molar-refractivity contribution in [2.45, 2.75) is 6.42 Å². The number of hydrogen-bond acceptors (Lipinski definition) is 3. The van der Waals surface area contributed by atoms with Gasteiger partial charge in [-0.05, 0) is 12.1 Å². The van der Waals surface area contributed by atoms with Gasteiger partial charge in [0.15, 0.2) is 11.5 Å². The maximum Gasteiger partial charge on any atom is 0.228 e. The zero-order chi connectivity index (χ0) is 13.1. The Bertz CT molecular complexity index is 504. The van der Waals surface area contributed by atoms with Crippen molar-refractivity contribution in [2.75, 3.05) is 25.7 Å². The molecule has 1 unspecified atom stereocenters. The molecule has 1 atom stereocenters. The number of carbonyl (C=O) groups excluding carboxylic acids is 1. The van der Waals surface area contributed by atoms with Crippen LogP contribution in [0.4, 0.5) is 5.69 Å². The second-order valence-electron chi connectivity index (χ2n) is 4.08. The smallest absolute Gasteiger partial charge is 0.228 e. The SMILES string of the molecule is C#CC1CC(=O)N(c2cccc(OC)c2OC)C1. The molecule has 1 aromatic rings. The van der Waals surface area contributed by atoms with Crippen molar-refractivity contribution in [3.05, 3.63) is 18.2 Å². The second kappa shape index (κ2) is 5.01. The van der Waals surface area contributed by atoms with Gasteiger partial charge in [-0.25, -0.2) is 0 Å². The fourth-order valence-electron chi connectivity index (χ4n) is 2.13. The molecule has 18 heavy (non-hydrogen) atoms. The third-order valence-electron chi connectivity index (χ3n) is 3.03. The van der Waals surface area contributed by atoms with Crippen molar-refractivity contribution in [3.8, 4) is 23.8 Å². The summed E-state index contributed by atoms with van der Waals surface area (Å²) in [4.78, 5) is 13.6. The number of para-hydroxylation sites is 1. The number of methoxy groups -OCH3 is 2. The highest BCUT2D eigenvalue weighted by Crippen LogP contribution is 2.39. The van der Waals surface area contributed by atoms with Crippen molar-refractivity contribution in [1.82, 2.24) is 0 Å². The molecule has 0 aliphatic carbocycles. The van der Waals surface area contributed by atoms with Crippen molar-refractivity contribution in [3.63, 3.8) is 0 Å². The molecule has 0 N–H and O–H groups in total. The molecular formula is C14H15NO3. The molecule has 0 radical (unpaired) electrons. The summed E-state index contributed by atoms with van der Waals surface area (Å²) in [5.74, 6) is 3.77. The van der Waals surface area contributed by atoms with Crippen LogP contribution in [-0.2, 0) is 4.79 Å². The van der Waals surface area contributed by atoms with Crippen LogP contribution < -0.4 is 14.4 Å². The lowest BCUT2D eigenvalue weighted by molar-refractivity contribution is -0.117. The zero-order valence-electron chi connectivity index (χ0n) is 10.5. The van der Waals surface area contributed by atoms with E-state index >= 15 is 0 Å². The van der Waals surface area contributed by atoms with Crippen LogP contribution in [0, 0.1) is 18.3 Å². The molecule has 4 heteroatoms. The molecule has 1 amide bonds. The Morgan fingerprint density at radius 1 is 1.39 bits per heavy atom. The number of ether oxygens (including phenoxy) is 2. The minimum atomic E-state index is -0.0339. The molecule has 1 fully saturated rings. The van der Waals surface area contributed by atoms with Gasteiger partial charge in [0.2, 0.25) is 5.91 Å². The van der Waals surface area contributed by atoms with Crippen LogP contribution in [0.2, 0.25) is 0 Å². The number of benzene rings is 1. The van der Waals surface area contributed by atoms with Gasteiger partial charge in [0.1, 0.15) is 0 Å². The van der Waals surface area contributed by atoms with Gasteiger partial charge in [-0.2, -0.15) is 0 Å². The van der Waals surface area contributed by atoms with E-state index in [-0.39, 0.29) is 11.8 Å². The molecule has 0 aromatic heterocycles. The molecule has 0 spiro atoms. The number of carbonyl (C=O) groups is 1. The Hall–Kier alpha value is -2.15. The molecular weight excluding hydrogens is 230 g/mol. The monoisotopic (exact) mass is 245 g/mol. The van der Waals surface area contributed by atoms with Crippen LogP contribution in [0.5, 0.6) is 11.5 Å². The zero-order valence-corrected chi connectivity index (χ0v) is 10.5. The van der Waals surface area contributed by atoms with E-state index in [9.17, 15) is 4.79 Å². The highest BCUT2D eigenvalue weighted by molar-refractivity contribution is 5.98. The van der Waals surface area contributed by atoms with Crippen LogP contribution in [0.25, 0.3) is 0 Å². The van der Waals surface area contributed by atoms with Gasteiger partial charge in [-0.1, -0.05) is 6.07 Å². The molecule has 1 aromatic carbocycles. The number of amides is 1. The van der Waals surface area contributed by atoms with E-state index in [0.29, 0.717) is 30.2 Å². The van der Waals surface area contributed by atoms with Gasteiger partial charge < -0.3 is 14.4 Å². The van der Waals surface area contributed by atoms with Gasteiger partial charge >= 0.3 is 0 Å². The first-order chi connectivity index (χ1) is 8.71. The predicted molar refractivity (Wildman–Crippen MR) is 68.8 cm³/mol. The van der Waals surface area contributed by atoms with E-state index in [1.54, 1.807) is 25.2 Å². The van der Waals surface area contributed by atoms with Gasteiger partial charge in [-0.3, -0.25) is 4.79 Å². The van der Waals surface area contributed by atoms with Crippen LogP contribution in [0.3, 0.4) is 0 Å². The van der Waals surface area contributed by atoms with Gasteiger partial charge in [-0.15, -0.1) is 12.3 Å². The van der Waals surface area contributed by atoms with E-state index in [4.69, 9.17) is 15.9 Å². The summed E-state index contributed by atoms with van der Waals surface area (Å²) in [6.45, 7) is 0.527. The summed E-state index contributed by atoms with van der Waals surface area (Å²) in [5.41, 5.74) is 0.708. The predicted octanol–water partition coefficient (Wildman–Crippen LogP) is 1.69. The van der Waals surface area contributed by atoms with Gasteiger partial charge in [0.05, 0.1) is 19.9 Å². The largest absolute Gasteiger partial charge is 0.493 e. The summed E-state index contributed by atoms with van der Waals surface area (Å²) in [6.07, 6.45) is 5.76. The summed E-state index contributed by atoms with van der Waals surface area (Å²) >= 11 is 0. The quantitative estimate of drug-likeness (QED) is 0.761. The van der Waals surface area contributed by atoms with Gasteiger partial charge in [0, 0.05) is 18.9 Å². The number of anilines is 1. The van der Waals surface area contributed by atoms with E-state index in [2.05, 4.69) is 5.92 Å². The molecule has 0 saturated carbocycles. The minimum Gasteiger partial charge on any atom is -0.493 e. The molecule has 1 aliphatic rings. The lowest BCUT2D eigenvalue weighted by atomic mass is 10.1. The maximum absolute atomic E-state index is 11.9. The van der Waals surface area contributed by atoms with Crippen LogP contribution >= 0.6 is 0 Å². The Kier molecular flexibility index (Phi) is 3.42. The van der Waals surface area contributed by atoms with E-state index in [1.807, 2.05) is 12.1 Å². The lowest BCUT2D eigenvalue weighted by Crippen LogP contribution is -2.25. The number of hydrogen-bond donors (Lipinski definition) is 0. The molecule has 4 nitrogen and oxygen atoms in total.